The minimum Gasteiger partial charge on any atom is -0.456 e. The molecule has 0 unspecified atom stereocenters. The van der Waals surface area contributed by atoms with Gasteiger partial charge in [0.15, 0.2) is 0 Å². The van der Waals surface area contributed by atoms with E-state index < -0.39 is 0 Å². The SMILES string of the molecule is Bc1cc(-c2c3ccccc3c(-c3ccc4oc5cc(-c6ccccc6)ccc5c4c3)c3ccccc23)c(B)c(B)c1B. The third kappa shape index (κ3) is 3.99. The molecule has 0 N–H and O–H groups in total. The van der Waals surface area contributed by atoms with Gasteiger partial charge in [-0.05, 0) is 79.2 Å². The molecule has 1 aromatic heterocycles. The second-order valence-electron chi connectivity index (χ2n) is 11.8. The zero-order chi connectivity index (χ0) is 29.2. The van der Waals surface area contributed by atoms with Gasteiger partial charge in [0.25, 0.3) is 0 Å². The Balaban J connectivity index is 1.40. The molecule has 0 radical (unpaired) electrons. The summed E-state index contributed by atoms with van der Waals surface area (Å²) >= 11 is 0. The van der Waals surface area contributed by atoms with Crippen LogP contribution in [0.4, 0.5) is 0 Å². The Kier molecular flexibility index (Phi) is 5.91. The molecular formula is C38H28B4O. The molecular weight excluding hydrogens is 516 g/mol. The number of rotatable bonds is 3. The fraction of sp³-hybridized carbons (Fsp3) is 0. The molecule has 198 valence electrons. The zero-order valence-electron chi connectivity index (χ0n) is 25.0. The lowest BCUT2D eigenvalue weighted by Crippen LogP contribution is -2.47. The zero-order valence-corrected chi connectivity index (χ0v) is 25.0. The molecule has 0 aliphatic heterocycles. The van der Waals surface area contributed by atoms with Crippen molar-refractivity contribution in [1.82, 2.24) is 0 Å². The molecule has 0 saturated heterocycles. The minimum absolute atomic E-state index is 0.912. The quantitative estimate of drug-likeness (QED) is 0.243. The number of fused-ring (bicyclic) bond motifs is 5. The van der Waals surface area contributed by atoms with E-state index in [4.69, 9.17) is 4.42 Å². The van der Waals surface area contributed by atoms with Crippen LogP contribution in [0.5, 0.6) is 0 Å². The van der Waals surface area contributed by atoms with Gasteiger partial charge in [-0.25, -0.2) is 0 Å². The Hall–Kier alpha value is -4.88. The first-order valence-electron chi connectivity index (χ1n) is 15.0. The van der Waals surface area contributed by atoms with E-state index in [0.717, 1.165) is 27.5 Å². The minimum atomic E-state index is 0.912. The molecule has 1 heterocycles. The van der Waals surface area contributed by atoms with Crippen molar-refractivity contribution in [3.63, 3.8) is 0 Å². The summed E-state index contributed by atoms with van der Waals surface area (Å²) in [5, 5.41) is 7.39. The molecule has 0 aliphatic rings. The van der Waals surface area contributed by atoms with Gasteiger partial charge in [0.05, 0.1) is 0 Å². The van der Waals surface area contributed by atoms with E-state index in [1.165, 1.54) is 71.2 Å². The van der Waals surface area contributed by atoms with E-state index in [1.54, 1.807) is 0 Å². The molecule has 0 atom stereocenters. The van der Waals surface area contributed by atoms with Gasteiger partial charge >= 0.3 is 0 Å². The highest BCUT2D eigenvalue weighted by molar-refractivity contribution is 6.63. The topological polar surface area (TPSA) is 13.1 Å². The van der Waals surface area contributed by atoms with E-state index in [9.17, 15) is 0 Å². The van der Waals surface area contributed by atoms with Gasteiger partial charge in [0.1, 0.15) is 42.6 Å². The highest BCUT2D eigenvalue weighted by Gasteiger charge is 2.19. The Labute approximate surface area is 255 Å². The second kappa shape index (κ2) is 9.85. The molecule has 7 aromatic carbocycles. The van der Waals surface area contributed by atoms with Crippen molar-refractivity contribution in [1.29, 1.82) is 0 Å². The van der Waals surface area contributed by atoms with E-state index in [0.29, 0.717) is 0 Å². The van der Waals surface area contributed by atoms with Crippen molar-refractivity contribution in [2.45, 2.75) is 0 Å². The molecule has 0 spiro atoms. The van der Waals surface area contributed by atoms with Gasteiger partial charge in [0, 0.05) is 10.8 Å². The van der Waals surface area contributed by atoms with E-state index in [2.05, 4.69) is 153 Å². The monoisotopic (exact) mass is 544 g/mol. The number of hydrogen-bond donors (Lipinski definition) is 0. The maximum absolute atomic E-state index is 6.40. The van der Waals surface area contributed by atoms with Crippen LogP contribution in [-0.2, 0) is 0 Å². The van der Waals surface area contributed by atoms with Crippen LogP contribution in [0, 0.1) is 0 Å². The van der Waals surface area contributed by atoms with Gasteiger partial charge in [-0.15, -0.1) is 10.9 Å². The number of furan rings is 1. The molecule has 0 saturated carbocycles. The average molecular weight is 544 g/mol. The first-order valence-corrected chi connectivity index (χ1v) is 15.0. The fourth-order valence-electron chi connectivity index (χ4n) is 6.94. The summed E-state index contributed by atoms with van der Waals surface area (Å²) in [6.07, 6.45) is 0. The highest BCUT2D eigenvalue weighted by Crippen LogP contribution is 2.44. The first-order chi connectivity index (χ1) is 21.0. The first kappa shape index (κ1) is 25.8. The molecule has 0 amide bonds. The molecule has 0 bridgehead atoms. The van der Waals surface area contributed by atoms with Crippen LogP contribution in [0.1, 0.15) is 0 Å². The summed E-state index contributed by atoms with van der Waals surface area (Å²) in [5.41, 5.74) is 14.7. The van der Waals surface area contributed by atoms with Crippen molar-refractivity contribution in [2.75, 3.05) is 0 Å². The summed E-state index contributed by atoms with van der Waals surface area (Å²) in [6.45, 7) is 0. The van der Waals surface area contributed by atoms with Crippen LogP contribution in [0.2, 0.25) is 0 Å². The Morgan fingerprint density at radius 3 is 1.65 bits per heavy atom. The van der Waals surface area contributed by atoms with Crippen molar-refractivity contribution < 1.29 is 4.42 Å². The maximum atomic E-state index is 6.40. The van der Waals surface area contributed by atoms with Gasteiger partial charge in [0.2, 0.25) is 0 Å². The second-order valence-corrected chi connectivity index (χ2v) is 11.8. The molecule has 43 heavy (non-hydrogen) atoms. The van der Waals surface area contributed by atoms with Gasteiger partial charge in [-0.3, -0.25) is 0 Å². The predicted molar refractivity (Wildman–Crippen MR) is 198 cm³/mol. The van der Waals surface area contributed by atoms with Crippen LogP contribution in [-0.4, -0.2) is 31.4 Å². The van der Waals surface area contributed by atoms with Gasteiger partial charge < -0.3 is 4.42 Å². The van der Waals surface area contributed by atoms with Gasteiger partial charge in [-0.1, -0.05) is 108 Å². The van der Waals surface area contributed by atoms with Crippen LogP contribution in [0.15, 0.2) is 126 Å². The van der Waals surface area contributed by atoms with Gasteiger partial charge in [-0.2, -0.15) is 0 Å². The largest absolute Gasteiger partial charge is 0.456 e. The molecule has 0 aliphatic carbocycles. The lowest BCUT2D eigenvalue weighted by molar-refractivity contribution is 0.669. The maximum Gasteiger partial charge on any atom is 0.139 e. The lowest BCUT2D eigenvalue weighted by Gasteiger charge is -2.21. The predicted octanol–water partition coefficient (Wildman–Crippen LogP) is 3.93. The Bertz CT molecular complexity index is 2330. The standard InChI is InChI=1S/C38H28B4O/c39-31-20-30(36(40)38(42)37(31)41)35-27-12-6-4-10-25(27)34(26-11-5-7-13-28(26)35)23-15-17-32-29(18-23)24-16-14-22(19-33(24)43-32)21-8-2-1-3-9-21/h1-20H,39-42H2. The van der Waals surface area contributed by atoms with E-state index in [1.807, 2.05) is 0 Å². The van der Waals surface area contributed by atoms with Crippen LogP contribution in [0.25, 0.3) is 76.9 Å². The Morgan fingerprint density at radius 2 is 0.977 bits per heavy atom. The average Bonchev–Trinajstić information content (AvgIpc) is 3.42. The summed E-state index contributed by atoms with van der Waals surface area (Å²) in [5.74, 6) is 0. The Morgan fingerprint density at radius 1 is 0.372 bits per heavy atom. The van der Waals surface area contributed by atoms with Crippen LogP contribution in [0.3, 0.4) is 0 Å². The summed E-state index contributed by atoms with van der Waals surface area (Å²) < 4.78 is 6.40. The van der Waals surface area contributed by atoms with Crippen molar-refractivity contribution in [2.24, 2.45) is 0 Å². The number of benzene rings is 7. The normalized spacial score (nSPS) is 11.6. The third-order valence-corrected chi connectivity index (χ3v) is 9.55. The van der Waals surface area contributed by atoms with E-state index in [-0.39, 0.29) is 0 Å². The number of hydrogen-bond acceptors (Lipinski definition) is 1. The van der Waals surface area contributed by atoms with Crippen LogP contribution < -0.4 is 21.9 Å². The third-order valence-electron chi connectivity index (χ3n) is 9.55. The van der Waals surface area contributed by atoms with Crippen molar-refractivity contribution >= 4 is 96.7 Å². The summed E-state index contributed by atoms with van der Waals surface area (Å²) in [6, 6.07) is 44.0. The summed E-state index contributed by atoms with van der Waals surface area (Å²) in [7, 11) is 9.00. The summed E-state index contributed by atoms with van der Waals surface area (Å²) in [4.78, 5) is 0. The molecule has 0 fully saturated rings. The molecule has 5 heteroatoms. The fourth-order valence-corrected chi connectivity index (χ4v) is 6.94. The van der Waals surface area contributed by atoms with Crippen molar-refractivity contribution in [3.8, 4) is 33.4 Å². The highest BCUT2D eigenvalue weighted by atomic mass is 16.3. The van der Waals surface area contributed by atoms with Crippen LogP contribution >= 0.6 is 0 Å². The molecule has 8 rings (SSSR count). The van der Waals surface area contributed by atoms with E-state index >= 15 is 0 Å². The smallest absolute Gasteiger partial charge is 0.139 e. The molecule has 1 nitrogen and oxygen atoms in total. The molecule has 8 aromatic rings. The van der Waals surface area contributed by atoms with Crippen molar-refractivity contribution in [3.05, 3.63) is 121 Å². The lowest BCUT2D eigenvalue weighted by atomic mass is 9.64.